The van der Waals surface area contributed by atoms with Gasteiger partial charge in [0.1, 0.15) is 6.61 Å². The zero-order valence-corrected chi connectivity index (χ0v) is 9.85. The first-order valence-corrected chi connectivity index (χ1v) is 5.46. The van der Waals surface area contributed by atoms with Crippen LogP contribution in [0.2, 0.25) is 0 Å². The second-order valence-electron chi connectivity index (χ2n) is 3.59. The van der Waals surface area contributed by atoms with Gasteiger partial charge in [-0.3, -0.25) is 0 Å². The summed E-state index contributed by atoms with van der Waals surface area (Å²) in [5.74, 6) is 1.33. The summed E-state index contributed by atoms with van der Waals surface area (Å²) in [6, 6.07) is 3.62. The van der Waals surface area contributed by atoms with Gasteiger partial charge >= 0.3 is 6.01 Å². The molecule has 0 unspecified atom stereocenters. The Hall–Kier alpha value is -2.90. The zero-order valence-electron chi connectivity index (χ0n) is 9.85. The summed E-state index contributed by atoms with van der Waals surface area (Å²) >= 11 is 0. The second kappa shape index (κ2) is 4.41. The number of anilines is 1. The van der Waals surface area contributed by atoms with Crippen LogP contribution >= 0.6 is 0 Å². The van der Waals surface area contributed by atoms with Gasteiger partial charge in [0.15, 0.2) is 5.76 Å². The highest BCUT2D eigenvalue weighted by atomic mass is 16.5. The fourth-order valence-electron chi connectivity index (χ4n) is 1.49. The van der Waals surface area contributed by atoms with Gasteiger partial charge in [-0.15, -0.1) is 5.10 Å². The third-order valence-electron chi connectivity index (χ3n) is 2.28. The third-order valence-corrected chi connectivity index (χ3v) is 2.28. The fourth-order valence-corrected chi connectivity index (χ4v) is 1.49. The predicted octanol–water partition coefficient (Wildman–Crippen LogP) is 0.926. The van der Waals surface area contributed by atoms with E-state index in [-0.39, 0.29) is 24.3 Å². The first-order chi connectivity index (χ1) is 9.28. The lowest BCUT2D eigenvalue weighted by molar-refractivity contribution is 0.333. The van der Waals surface area contributed by atoms with Crippen molar-refractivity contribution in [2.75, 3.05) is 12.3 Å². The molecule has 2 N–H and O–H groups in total. The Kier molecular flexibility index (Phi) is 2.60. The van der Waals surface area contributed by atoms with Gasteiger partial charge in [0.05, 0.1) is 6.26 Å². The van der Waals surface area contributed by atoms with Crippen LogP contribution in [-0.4, -0.2) is 31.2 Å². The van der Waals surface area contributed by atoms with Crippen molar-refractivity contribution in [1.29, 1.82) is 0 Å². The Morgan fingerprint density at radius 3 is 3.05 bits per heavy atom. The Morgan fingerprint density at radius 2 is 2.32 bits per heavy atom. The molecule has 0 fully saturated rings. The minimum atomic E-state index is 0.128. The predicted molar refractivity (Wildman–Crippen MR) is 66.4 cm³/mol. The summed E-state index contributed by atoms with van der Waals surface area (Å²) in [6.45, 7) is 3.83. The van der Waals surface area contributed by atoms with Gasteiger partial charge in [-0.1, -0.05) is 12.7 Å². The van der Waals surface area contributed by atoms with Crippen LogP contribution in [-0.2, 0) is 0 Å². The van der Waals surface area contributed by atoms with E-state index < -0.39 is 0 Å². The maximum Gasteiger partial charge on any atom is 0.323 e. The third kappa shape index (κ3) is 1.99. The van der Waals surface area contributed by atoms with E-state index in [9.17, 15) is 0 Å². The molecule has 0 aliphatic carbocycles. The minimum absolute atomic E-state index is 0.128. The lowest BCUT2D eigenvalue weighted by atomic mass is 10.4. The van der Waals surface area contributed by atoms with E-state index in [1.165, 1.54) is 10.8 Å². The Morgan fingerprint density at radius 1 is 1.42 bits per heavy atom. The van der Waals surface area contributed by atoms with E-state index in [4.69, 9.17) is 14.9 Å². The van der Waals surface area contributed by atoms with Gasteiger partial charge in [-0.25, -0.2) is 0 Å². The molecule has 0 saturated carbocycles. The lowest BCUT2D eigenvalue weighted by Crippen LogP contribution is -2.07. The molecule has 3 aromatic rings. The van der Waals surface area contributed by atoms with E-state index >= 15 is 0 Å². The van der Waals surface area contributed by atoms with Crippen LogP contribution in [0.5, 0.6) is 6.01 Å². The number of nitrogens with two attached hydrogens (primary N) is 1. The molecular weight excluding hydrogens is 248 g/mol. The maximum atomic E-state index is 5.77. The quantitative estimate of drug-likeness (QED) is 0.694. The van der Waals surface area contributed by atoms with Crippen molar-refractivity contribution >= 4 is 11.7 Å². The standard InChI is InChI=1S/C11H10N6O2/c1-2-5-19-11-14-9(12)17-10(15-11)13-8(16-17)7-4-3-6-18-7/h2-4,6H,1,5H2,(H2,12,13,14,15,16). The van der Waals surface area contributed by atoms with Gasteiger partial charge < -0.3 is 14.9 Å². The number of nitrogens with zero attached hydrogens (tertiary/aromatic N) is 5. The van der Waals surface area contributed by atoms with E-state index in [2.05, 4.69) is 26.6 Å². The van der Waals surface area contributed by atoms with Crippen molar-refractivity contribution in [3.8, 4) is 17.6 Å². The Bertz CT molecular complexity index is 718. The molecular formula is C11H10N6O2. The second-order valence-corrected chi connectivity index (χ2v) is 3.59. The molecule has 8 heteroatoms. The molecule has 3 heterocycles. The smallest absolute Gasteiger partial charge is 0.323 e. The summed E-state index contributed by atoms with van der Waals surface area (Å²) in [7, 11) is 0. The number of hydrogen-bond acceptors (Lipinski definition) is 7. The van der Waals surface area contributed by atoms with E-state index in [0.717, 1.165) is 0 Å². The van der Waals surface area contributed by atoms with E-state index in [1.807, 2.05) is 0 Å². The number of aromatic nitrogens is 5. The minimum Gasteiger partial charge on any atom is -0.461 e. The maximum absolute atomic E-state index is 5.77. The van der Waals surface area contributed by atoms with Crippen LogP contribution in [0.25, 0.3) is 17.4 Å². The van der Waals surface area contributed by atoms with Crippen molar-refractivity contribution in [3.05, 3.63) is 31.1 Å². The highest BCUT2D eigenvalue weighted by Crippen LogP contribution is 2.17. The number of nitrogen functional groups attached to an aromatic ring is 1. The molecule has 0 spiro atoms. The molecule has 0 atom stereocenters. The summed E-state index contributed by atoms with van der Waals surface area (Å²) < 4.78 is 11.7. The topological polar surface area (TPSA) is 104 Å². The largest absolute Gasteiger partial charge is 0.461 e. The van der Waals surface area contributed by atoms with Crippen LogP contribution in [0.4, 0.5) is 5.95 Å². The summed E-state index contributed by atoms with van der Waals surface area (Å²) in [5, 5.41) is 4.16. The molecule has 3 rings (SSSR count). The number of ether oxygens (including phenoxy) is 1. The number of rotatable bonds is 4. The van der Waals surface area contributed by atoms with Crippen LogP contribution in [0.15, 0.2) is 35.5 Å². The number of fused-ring (bicyclic) bond motifs is 1. The summed E-state index contributed by atoms with van der Waals surface area (Å²) in [5.41, 5.74) is 5.77. The van der Waals surface area contributed by atoms with Crippen molar-refractivity contribution < 1.29 is 9.15 Å². The van der Waals surface area contributed by atoms with Crippen molar-refractivity contribution in [1.82, 2.24) is 24.6 Å². The molecule has 0 aromatic carbocycles. The van der Waals surface area contributed by atoms with Crippen molar-refractivity contribution in [3.63, 3.8) is 0 Å². The van der Waals surface area contributed by atoms with Gasteiger partial charge in [0.2, 0.25) is 11.8 Å². The molecule has 19 heavy (non-hydrogen) atoms. The highest BCUT2D eigenvalue weighted by molar-refractivity contribution is 5.51. The molecule has 0 bridgehead atoms. The normalized spacial score (nSPS) is 10.7. The molecule has 0 saturated heterocycles. The highest BCUT2D eigenvalue weighted by Gasteiger charge is 2.13. The zero-order chi connectivity index (χ0) is 13.2. The monoisotopic (exact) mass is 258 g/mol. The van der Waals surface area contributed by atoms with Crippen LogP contribution in [0.3, 0.4) is 0 Å². The first-order valence-electron chi connectivity index (χ1n) is 5.46. The fraction of sp³-hybridized carbons (Fsp3) is 0.0909. The van der Waals surface area contributed by atoms with E-state index in [0.29, 0.717) is 11.6 Å². The first kappa shape index (κ1) is 11.2. The van der Waals surface area contributed by atoms with Crippen LogP contribution in [0.1, 0.15) is 0 Å². The SMILES string of the molecule is C=CCOc1nc(N)n2nc(-c3ccco3)nc2n1. The molecule has 3 aromatic heterocycles. The average Bonchev–Trinajstić information content (AvgIpc) is 3.04. The summed E-state index contributed by atoms with van der Waals surface area (Å²) in [6.07, 6.45) is 3.12. The molecule has 8 nitrogen and oxygen atoms in total. The Balaban J connectivity index is 2.07. The average molecular weight is 258 g/mol. The molecule has 96 valence electrons. The number of hydrogen-bond donors (Lipinski definition) is 1. The van der Waals surface area contributed by atoms with E-state index in [1.54, 1.807) is 18.2 Å². The molecule has 0 aliphatic heterocycles. The van der Waals surface area contributed by atoms with Gasteiger partial charge in [-0.2, -0.15) is 19.5 Å². The Labute approximate surface area is 107 Å². The van der Waals surface area contributed by atoms with Gasteiger partial charge in [0.25, 0.3) is 5.78 Å². The molecule has 0 amide bonds. The molecule has 0 aliphatic rings. The van der Waals surface area contributed by atoms with Crippen LogP contribution < -0.4 is 10.5 Å². The summed E-state index contributed by atoms with van der Waals surface area (Å²) in [4.78, 5) is 12.3. The lowest BCUT2D eigenvalue weighted by Gasteiger charge is -2.01. The van der Waals surface area contributed by atoms with Crippen molar-refractivity contribution in [2.45, 2.75) is 0 Å². The molecule has 0 radical (unpaired) electrons. The van der Waals surface area contributed by atoms with Gasteiger partial charge in [-0.05, 0) is 12.1 Å². The van der Waals surface area contributed by atoms with Crippen molar-refractivity contribution in [2.24, 2.45) is 0 Å². The van der Waals surface area contributed by atoms with Crippen LogP contribution in [0, 0.1) is 0 Å². The number of furan rings is 1. The van der Waals surface area contributed by atoms with Gasteiger partial charge in [0, 0.05) is 0 Å².